The number of carbonyl (C=O) groups excluding carboxylic acids is 1. The van der Waals surface area contributed by atoms with Gasteiger partial charge in [-0.2, -0.15) is 11.3 Å². The molecule has 1 atom stereocenters. The Morgan fingerprint density at radius 1 is 1.38 bits per heavy atom. The first kappa shape index (κ1) is 17.4. The molecule has 1 amide bonds. The summed E-state index contributed by atoms with van der Waals surface area (Å²) in [5, 5.41) is 7.03. The molecule has 2 aromatic rings. The summed E-state index contributed by atoms with van der Waals surface area (Å²) in [5.41, 5.74) is 1.03. The van der Waals surface area contributed by atoms with Crippen LogP contribution in [-0.4, -0.2) is 43.7 Å². The second-order valence-electron chi connectivity index (χ2n) is 5.53. The third-order valence-corrected chi connectivity index (χ3v) is 5.08. The van der Waals surface area contributed by atoms with Gasteiger partial charge in [0, 0.05) is 19.6 Å². The highest BCUT2D eigenvalue weighted by Crippen LogP contribution is 2.24. The van der Waals surface area contributed by atoms with E-state index < -0.39 is 11.7 Å². The maximum Gasteiger partial charge on any atom is 0.255 e. The van der Waals surface area contributed by atoms with Gasteiger partial charge < -0.3 is 10.1 Å². The average Bonchev–Trinajstić information content (AvgIpc) is 3.10. The maximum absolute atomic E-state index is 13.9. The van der Waals surface area contributed by atoms with Gasteiger partial charge in [0.15, 0.2) is 0 Å². The van der Waals surface area contributed by atoms with Gasteiger partial charge in [-0.25, -0.2) is 4.39 Å². The van der Waals surface area contributed by atoms with Gasteiger partial charge in [-0.3, -0.25) is 9.69 Å². The summed E-state index contributed by atoms with van der Waals surface area (Å²) in [6.45, 7) is 3.34. The Morgan fingerprint density at radius 3 is 2.83 bits per heavy atom. The van der Waals surface area contributed by atoms with Crippen LogP contribution in [-0.2, 0) is 4.74 Å². The van der Waals surface area contributed by atoms with Crippen molar-refractivity contribution in [3.63, 3.8) is 0 Å². The highest BCUT2D eigenvalue weighted by molar-refractivity contribution is 7.07. The molecule has 24 heavy (non-hydrogen) atoms. The molecular weight excluding hydrogens is 351 g/mol. The van der Waals surface area contributed by atoms with Crippen molar-refractivity contribution in [1.82, 2.24) is 10.2 Å². The lowest BCUT2D eigenvalue weighted by Crippen LogP contribution is -2.43. The van der Waals surface area contributed by atoms with Gasteiger partial charge in [0.2, 0.25) is 0 Å². The topological polar surface area (TPSA) is 41.6 Å². The summed E-state index contributed by atoms with van der Waals surface area (Å²) in [5.74, 6) is -1.11. The minimum atomic E-state index is -0.613. The Balaban J connectivity index is 1.72. The Hall–Kier alpha value is -1.47. The molecule has 128 valence electrons. The van der Waals surface area contributed by atoms with Crippen LogP contribution in [0.5, 0.6) is 0 Å². The number of nitrogens with one attached hydrogen (secondary N) is 1. The molecule has 1 aliphatic heterocycles. The highest BCUT2D eigenvalue weighted by atomic mass is 35.5. The summed E-state index contributed by atoms with van der Waals surface area (Å²) in [6, 6.07) is 6.31. The van der Waals surface area contributed by atoms with Crippen LogP contribution in [0.4, 0.5) is 4.39 Å². The number of benzene rings is 1. The van der Waals surface area contributed by atoms with Crippen molar-refractivity contribution in [2.45, 2.75) is 6.04 Å². The van der Waals surface area contributed by atoms with E-state index in [4.69, 9.17) is 16.3 Å². The van der Waals surface area contributed by atoms with Gasteiger partial charge >= 0.3 is 0 Å². The van der Waals surface area contributed by atoms with Crippen LogP contribution in [0.1, 0.15) is 22.0 Å². The molecule has 4 nitrogen and oxygen atoms in total. The smallest absolute Gasteiger partial charge is 0.255 e. The van der Waals surface area contributed by atoms with E-state index >= 15 is 0 Å². The second-order valence-corrected chi connectivity index (χ2v) is 6.71. The van der Waals surface area contributed by atoms with E-state index in [1.807, 2.05) is 11.4 Å². The third-order valence-electron chi connectivity index (χ3n) is 4.06. The van der Waals surface area contributed by atoms with Gasteiger partial charge in [-0.1, -0.05) is 17.7 Å². The van der Waals surface area contributed by atoms with E-state index in [0.29, 0.717) is 19.8 Å². The first-order valence-electron chi connectivity index (χ1n) is 7.73. The van der Waals surface area contributed by atoms with Crippen LogP contribution in [0.2, 0.25) is 5.02 Å². The zero-order valence-corrected chi connectivity index (χ0v) is 14.6. The van der Waals surface area contributed by atoms with Gasteiger partial charge in [0.25, 0.3) is 5.91 Å². The number of thiophene rings is 1. The van der Waals surface area contributed by atoms with Crippen molar-refractivity contribution in [2.24, 2.45) is 0 Å². The monoisotopic (exact) mass is 368 g/mol. The molecule has 0 saturated carbocycles. The highest BCUT2D eigenvalue weighted by Gasteiger charge is 2.24. The molecule has 0 spiro atoms. The third kappa shape index (κ3) is 3.95. The average molecular weight is 369 g/mol. The molecule has 0 bridgehead atoms. The molecular formula is C17H18ClFN2O2S. The minimum Gasteiger partial charge on any atom is -0.379 e. The van der Waals surface area contributed by atoms with Crippen molar-refractivity contribution in [3.8, 4) is 0 Å². The normalized spacial score (nSPS) is 16.8. The first-order valence-corrected chi connectivity index (χ1v) is 9.05. The minimum absolute atomic E-state index is 0.0367. The standard InChI is InChI=1S/C17H18ClFN2O2S/c18-13-2-1-3-14(19)16(13)17(22)20-10-15(12-4-9-24-11-12)21-5-7-23-8-6-21/h1-4,9,11,15H,5-8,10H2,(H,20,22). The van der Waals surface area contributed by atoms with Gasteiger partial charge in [0.05, 0.1) is 29.8 Å². The molecule has 1 aromatic heterocycles. The van der Waals surface area contributed by atoms with Crippen molar-refractivity contribution < 1.29 is 13.9 Å². The predicted molar refractivity (Wildman–Crippen MR) is 93.2 cm³/mol. The predicted octanol–water partition coefficient (Wildman–Crippen LogP) is 3.34. The zero-order chi connectivity index (χ0) is 16.9. The van der Waals surface area contributed by atoms with Gasteiger partial charge in [-0.15, -0.1) is 0 Å². The number of amides is 1. The lowest BCUT2D eigenvalue weighted by Gasteiger charge is -2.34. The van der Waals surface area contributed by atoms with E-state index in [9.17, 15) is 9.18 Å². The number of hydrogen-bond acceptors (Lipinski definition) is 4. The Labute approximate surface area is 149 Å². The Morgan fingerprint density at radius 2 is 2.17 bits per heavy atom. The van der Waals surface area contributed by atoms with E-state index in [1.54, 1.807) is 11.3 Å². The Bertz CT molecular complexity index is 670. The number of halogens is 2. The Kier molecular flexibility index (Phi) is 5.84. The molecule has 1 unspecified atom stereocenters. The van der Waals surface area contributed by atoms with Gasteiger partial charge in [-0.05, 0) is 34.5 Å². The molecule has 1 N–H and O–H groups in total. The molecule has 7 heteroatoms. The molecule has 0 aliphatic carbocycles. The van der Waals surface area contributed by atoms with Crippen molar-refractivity contribution in [3.05, 3.63) is 57.0 Å². The fourth-order valence-electron chi connectivity index (χ4n) is 2.80. The number of carbonyl (C=O) groups is 1. The summed E-state index contributed by atoms with van der Waals surface area (Å²) >= 11 is 7.58. The lowest BCUT2D eigenvalue weighted by atomic mass is 10.1. The largest absolute Gasteiger partial charge is 0.379 e. The van der Waals surface area contributed by atoms with Crippen molar-refractivity contribution >= 4 is 28.8 Å². The molecule has 1 saturated heterocycles. The molecule has 2 heterocycles. The zero-order valence-electron chi connectivity index (χ0n) is 13.0. The molecule has 1 aliphatic rings. The molecule has 3 rings (SSSR count). The van der Waals surface area contributed by atoms with Crippen molar-refractivity contribution in [1.29, 1.82) is 0 Å². The molecule has 1 aromatic carbocycles. The summed E-state index contributed by atoms with van der Waals surface area (Å²) in [7, 11) is 0. The van der Waals surface area contributed by atoms with Crippen molar-refractivity contribution in [2.75, 3.05) is 32.8 Å². The van der Waals surface area contributed by atoms with Crippen LogP contribution in [0.25, 0.3) is 0 Å². The summed E-state index contributed by atoms with van der Waals surface area (Å²) in [6.07, 6.45) is 0. The number of ether oxygens (including phenoxy) is 1. The number of rotatable bonds is 5. The van der Waals surface area contributed by atoms with Crippen LogP contribution < -0.4 is 5.32 Å². The number of nitrogens with zero attached hydrogens (tertiary/aromatic N) is 1. The summed E-state index contributed by atoms with van der Waals surface area (Å²) in [4.78, 5) is 14.6. The van der Waals surface area contributed by atoms with Crippen LogP contribution in [0.3, 0.4) is 0 Å². The number of hydrogen-bond donors (Lipinski definition) is 1. The van der Waals surface area contributed by atoms with E-state index in [0.717, 1.165) is 18.7 Å². The number of morpholine rings is 1. The molecule has 0 radical (unpaired) electrons. The van der Waals surface area contributed by atoms with E-state index in [2.05, 4.69) is 15.6 Å². The molecule has 1 fully saturated rings. The van der Waals surface area contributed by atoms with E-state index in [1.165, 1.54) is 18.2 Å². The quantitative estimate of drug-likeness (QED) is 0.880. The van der Waals surface area contributed by atoms with E-state index in [-0.39, 0.29) is 16.6 Å². The maximum atomic E-state index is 13.9. The summed E-state index contributed by atoms with van der Waals surface area (Å²) < 4.78 is 19.3. The second kappa shape index (κ2) is 8.07. The SMILES string of the molecule is O=C(NCC(c1ccsc1)N1CCOCC1)c1c(F)cccc1Cl. The van der Waals surface area contributed by atoms with Crippen LogP contribution in [0, 0.1) is 5.82 Å². The lowest BCUT2D eigenvalue weighted by molar-refractivity contribution is 0.0163. The fourth-order valence-corrected chi connectivity index (χ4v) is 3.76. The fraction of sp³-hybridized carbons (Fsp3) is 0.353. The van der Waals surface area contributed by atoms with Crippen LogP contribution >= 0.6 is 22.9 Å². The first-order chi connectivity index (χ1) is 11.7. The van der Waals surface area contributed by atoms with Gasteiger partial charge in [0.1, 0.15) is 5.82 Å². The van der Waals surface area contributed by atoms with Crippen LogP contribution in [0.15, 0.2) is 35.0 Å².